The first-order valence-corrected chi connectivity index (χ1v) is 9.81. The number of aliphatic hydroxyl groups is 1. The van der Waals surface area contributed by atoms with Crippen molar-refractivity contribution >= 4 is 10.9 Å². The molecule has 0 unspecified atom stereocenters. The fourth-order valence-corrected chi connectivity index (χ4v) is 3.65. The number of aryl methyl sites for hydroxylation is 1. The average Bonchev–Trinajstić information content (AvgIpc) is 3.17. The number of fused-ring (bicyclic) bond motifs is 1. The van der Waals surface area contributed by atoms with Gasteiger partial charge in [0.2, 0.25) is 0 Å². The zero-order chi connectivity index (χ0) is 20.2. The number of nitrogens with zero attached hydrogens (tertiary/aromatic N) is 1. The van der Waals surface area contributed by atoms with Crippen molar-refractivity contribution in [1.82, 2.24) is 4.57 Å². The van der Waals surface area contributed by atoms with E-state index in [2.05, 4.69) is 23.8 Å². The normalized spacial score (nSPS) is 11.0. The Kier molecular flexibility index (Phi) is 5.54. The topological polar surface area (TPSA) is 43.6 Å². The van der Waals surface area contributed by atoms with Gasteiger partial charge >= 0.3 is 0 Å². The molecular weight excluding hydrogens is 362 g/mol. The van der Waals surface area contributed by atoms with Crippen LogP contribution in [0.25, 0.3) is 22.0 Å². The van der Waals surface area contributed by atoms with Crippen molar-refractivity contribution in [2.24, 2.45) is 0 Å². The number of methoxy groups -OCH3 is 1. The summed E-state index contributed by atoms with van der Waals surface area (Å²) in [7, 11) is 1.68. The molecule has 0 aliphatic heterocycles. The molecule has 148 valence electrons. The van der Waals surface area contributed by atoms with E-state index in [4.69, 9.17) is 9.47 Å². The maximum Gasteiger partial charge on any atom is 0.130 e. The Labute approximate surface area is 170 Å². The van der Waals surface area contributed by atoms with Gasteiger partial charge in [0.1, 0.15) is 18.1 Å². The summed E-state index contributed by atoms with van der Waals surface area (Å²) in [4.78, 5) is 0. The molecule has 0 fully saturated rings. The SMILES string of the molecule is CCn1cc(-c2cccc(OC)c2)c2c(OCc3ccccc3)cc(CO)cc21. The fourth-order valence-electron chi connectivity index (χ4n) is 3.65. The molecule has 0 radical (unpaired) electrons. The Morgan fingerprint density at radius 2 is 1.76 bits per heavy atom. The summed E-state index contributed by atoms with van der Waals surface area (Å²) in [6, 6.07) is 22.1. The van der Waals surface area contributed by atoms with Gasteiger partial charge in [-0.15, -0.1) is 0 Å². The molecular formula is C25H25NO3. The molecule has 3 aromatic carbocycles. The Balaban J connectivity index is 1.87. The van der Waals surface area contributed by atoms with Gasteiger partial charge in [-0.2, -0.15) is 0 Å². The average molecular weight is 387 g/mol. The van der Waals surface area contributed by atoms with Gasteiger partial charge in [0.25, 0.3) is 0 Å². The van der Waals surface area contributed by atoms with Gasteiger partial charge in [-0.25, -0.2) is 0 Å². The van der Waals surface area contributed by atoms with E-state index in [1.54, 1.807) is 7.11 Å². The number of hydrogen-bond donors (Lipinski definition) is 1. The van der Waals surface area contributed by atoms with Gasteiger partial charge in [-0.1, -0.05) is 42.5 Å². The van der Waals surface area contributed by atoms with Crippen molar-refractivity contribution in [1.29, 1.82) is 0 Å². The number of aliphatic hydroxyl groups excluding tert-OH is 1. The van der Waals surface area contributed by atoms with E-state index in [0.717, 1.165) is 51.2 Å². The maximum atomic E-state index is 9.78. The number of rotatable bonds is 7. The molecule has 0 amide bonds. The highest BCUT2D eigenvalue weighted by molar-refractivity contribution is 6.01. The summed E-state index contributed by atoms with van der Waals surface area (Å²) < 4.78 is 13.9. The van der Waals surface area contributed by atoms with E-state index < -0.39 is 0 Å². The molecule has 4 aromatic rings. The second-order valence-electron chi connectivity index (χ2n) is 6.98. The number of benzene rings is 3. The van der Waals surface area contributed by atoms with E-state index in [1.807, 2.05) is 60.7 Å². The molecule has 29 heavy (non-hydrogen) atoms. The van der Waals surface area contributed by atoms with Crippen LogP contribution in [0, 0.1) is 0 Å². The first kappa shape index (κ1) is 19.1. The minimum Gasteiger partial charge on any atom is -0.497 e. The van der Waals surface area contributed by atoms with Crippen molar-refractivity contribution in [3.63, 3.8) is 0 Å². The van der Waals surface area contributed by atoms with Crippen molar-refractivity contribution in [3.05, 3.63) is 84.1 Å². The molecule has 1 N–H and O–H groups in total. The minimum absolute atomic E-state index is 0.0268. The first-order valence-electron chi connectivity index (χ1n) is 9.81. The van der Waals surface area contributed by atoms with Crippen LogP contribution in [0.5, 0.6) is 11.5 Å². The van der Waals surface area contributed by atoms with Crippen molar-refractivity contribution in [2.75, 3.05) is 7.11 Å². The van der Waals surface area contributed by atoms with Gasteiger partial charge in [0.15, 0.2) is 0 Å². The highest BCUT2D eigenvalue weighted by atomic mass is 16.5. The zero-order valence-corrected chi connectivity index (χ0v) is 16.8. The highest BCUT2D eigenvalue weighted by Gasteiger charge is 2.17. The van der Waals surface area contributed by atoms with E-state index in [-0.39, 0.29) is 6.61 Å². The quantitative estimate of drug-likeness (QED) is 0.461. The van der Waals surface area contributed by atoms with E-state index >= 15 is 0 Å². The predicted molar refractivity (Wildman–Crippen MR) is 116 cm³/mol. The van der Waals surface area contributed by atoms with Crippen LogP contribution in [-0.2, 0) is 19.8 Å². The van der Waals surface area contributed by atoms with Gasteiger partial charge in [-0.05, 0) is 47.9 Å². The van der Waals surface area contributed by atoms with Gasteiger partial charge < -0.3 is 19.1 Å². The Morgan fingerprint density at radius 1 is 0.931 bits per heavy atom. The Hall–Kier alpha value is -3.24. The van der Waals surface area contributed by atoms with Crippen LogP contribution in [0.3, 0.4) is 0 Å². The smallest absolute Gasteiger partial charge is 0.130 e. The number of aromatic nitrogens is 1. The third kappa shape index (κ3) is 3.84. The van der Waals surface area contributed by atoms with Crippen LogP contribution in [0.4, 0.5) is 0 Å². The van der Waals surface area contributed by atoms with Crippen LogP contribution < -0.4 is 9.47 Å². The molecule has 4 heteroatoms. The summed E-state index contributed by atoms with van der Waals surface area (Å²) in [6.07, 6.45) is 2.15. The second kappa shape index (κ2) is 8.41. The first-order chi connectivity index (χ1) is 14.2. The molecule has 1 heterocycles. The van der Waals surface area contributed by atoms with E-state index in [1.165, 1.54) is 0 Å². The van der Waals surface area contributed by atoms with Gasteiger partial charge in [0, 0.05) is 23.7 Å². The lowest BCUT2D eigenvalue weighted by Crippen LogP contribution is -1.98. The molecule has 0 aliphatic carbocycles. The second-order valence-corrected chi connectivity index (χ2v) is 6.98. The summed E-state index contributed by atoms with van der Waals surface area (Å²) in [6.45, 7) is 3.39. The molecule has 4 rings (SSSR count). The molecule has 0 bridgehead atoms. The van der Waals surface area contributed by atoms with E-state index in [0.29, 0.717) is 6.61 Å². The molecule has 0 saturated carbocycles. The Bertz CT molecular complexity index is 1120. The van der Waals surface area contributed by atoms with Crippen LogP contribution in [0.2, 0.25) is 0 Å². The van der Waals surface area contributed by atoms with Crippen LogP contribution >= 0.6 is 0 Å². The summed E-state index contributed by atoms with van der Waals surface area (Å²) in [5.41, 5.74) is 5.16. The fraction of sp³-hybridized carbons (Fsp3) is 0.200. The van der Waals surface area contributed by atoms with Crippen molar-refractivity contribution < 1.29 is 14.6 Å². The summed E-state index contributed by atoms with van der Waals surface area (Å²) in [5.74, 6) is 1.60. The Morgan fingerprint density at radius 3 is 2.48 bits per heavy atom. The van der Waals surface area contributed by atoms with Crippen molar-refractivity contribution in [3.8, 4) is 22.6 Å². The third-order valence-electron chi connectivity index (χ3n) is 5.15. The monoisotopic (exact) mass is 387 g/mol. The standard InChI is InChI=1S/C25H25NO3/c1-3-26-15-22(20-10-7-11-21(14-20)28-2)25-23(26)12-19(16-27)13-24(25)29-17-18-8-5-4-6-9-18/h4-15,27H,3,16-17H2,1-2H3. The summed E-state index contributed by atoms with van der Waals surface area (Å²) in [5, 5.41) is 10.8. The highest BCUT2D eigenvalue weighted by Crippen LogP contribution is 2.39. The summed E-state index contributed by atoms with van der Waals surface area (Å²) >= 11 is 0. The molecule has 0 spiro atoms. The predicted octanol–water partition coefficient (Wildman–Crippen LogP) is 5.41. The lowest BCUT2D eigenvalue weighted by atomic mass is 10.0. The molecule has 1 aromatic heterocycles. The van der Waals surface area contributed by atoms with Gasteiger partial charge in [-0.3, -0.25) is 0 Å². The van der Waals surface area contributed by atoms with Crippen LogP contribution in [-0.4, -0.2) is 16.8 Å². The third-order valence-corrected chi connectivity index (χ3v) is 5.15. The van der Waals surface area contributed by atoms with Crippen LogP contribution in [0.1, 0.15) is 18.1 Å². The molecule has 0 saturated heterocycles. The van der Waals surface area contributed by atoms with Crippen molar-refractivity contribution in [2.45, 2.75) is 26.7 Å². The zero-order valence-electron chi connectivity index (χ0n) is 16.8. The molecule has 4 nitrogen and oxygen atoms in total. The maximum absolute atomic E-state index is 9.78. The lowest BCUT2D eigenvalue weighted by molar-refractivity contribution is 0.279. The van der Waals surface area contributed by atoms with E-state index in [9.17, 15) is 5.11 Å². The number of hydrogen-bond acceptors (Lipinski definition) is 3. The van der Waals surface area contributed by atoms with Gasteiger partial charge in [0.05, 0.1) is 19.2 Å². The number of ether oxygens (including phenoxy) is 2. The molecule has 0 aliphatic rings. The minimum atomic E-state index is -0.0268. The van der Waals surface area contributed by atoms with Crippen LogP contribution in [0.15, 0.2) is 72.9 Å². The molecule has 0 atom stereocenters. The largest absolute Gasteiger partial charge is 0.497 e. The lowest BCUT2D eigenvalue weighted by Gasteiger charge is -2.12.